The molecular formula is C12H8ClF4N3. The monoisotopic (exact) mass is 305 g/mol. The summed E-state index contributed by atoms with van der Waals surface area (Å²) in [7, 11) is 0. The molecule has 0 fully saturated rings. The summed E-state index contributed by atoms with van der Waals surface area (Å²) in [5.74, 6) is -0.532. The van der Waals surface area contributed by atoms with Gasteiger partial charge in [0.05, 0.1) is 0 Å². The largest absolute Gasteiger partial charge is 0.433 e. The number of anilines is 2. The molecule has 1 N–H and O–H groups in total. The highest BCUT2D eigenvalue weighted by molar-refractivity contribution is 6.28. The Hall–Kier alpha value is -1.89. The maximum Gasteiger partial charge on any atom is 0.433 e. The number of hydrogen-bond acceptors (Lipinski definition) is 3. The van der Waals surface area contributed by atoms with Gasteiger partial charge < -0.3 is 5.32 Å². The molecule has 0 atom stereocenters. The second kappa shape index (κ2) is 5.24. The third-order valence-corrected chi connectivity index (χ3v) is 2.59. The van der Waals surface area contributed by atoms with Crippen LogP contribution in [0.2, 0.25) is 5.28 Å². The molecule has 0 radical (unpaired) electrons. The highest BCUT2D eigenvalue weighted by Gasteiger charge is 2.33. The number of nitrogens with zero attached hydrogens (tertiary/aromatic N) is 2. The van der Waals surface area contributed by atoms with E-state index < -0.39 is 23.0 Å². The predicted octanol–water partition coefficient (Wildman–Crippen LogP) is 4.34. The van der Waals surface area contributed by atoms with Gasteiger partial charge in [0.2, 0.25) is 5.28 Å². The van der Waals surface area contributed by atoms with E-state index in [9.17, 15) is 17.6 Å². The SMILES string of the molecule is Cc1cc(Nc2cc(C(F)(F)F)nc(Cl)n2)ccc1F. The van der Waals surface area contributed by atoms with Gasteiger partial charge in [0.15, 0.2) is 5.69 Å². The number of benzene rings is 1. The first kappa shape index (κ1) is 14.5. The molecule has 1 aromatic carbocycles. The number of aryl methyl sites for hydroxylation is 1. The average Bonchev–Trinajstić information content (AvgIpc) is 2.32. The number of hydrogen-bond donors (Lipinski definition) is 1. The van der Waals surface area contributed by atoms with E-state index in [1.54, 1.807) is 0 Å². The molecule has 0 aliphatic rings. The van der Waals surface area contributed by atoms with Crippen LogP contribution in [0.4, 0.5) is 29.1 Å². The van der Waals surface area contributed by atoms with Crippen LogP contribution in [0.1, 0.15) is 11.3 Å². The van der Waals surface area contributed by atoms with Crippen molar-refractivity contribution < 1.29 is 17.6 Å². The maximum absolute atomic E-state index is 13.1. The molecule has 0 saturated carbocycles. The van der Waals surface area contributed by atoms with E-state index in [0.29, 0.717) is 11.3 Å². The van der Waals surface area contributed by atoms with Crippen LogP contribution >= 0.6 is 11.6 Å². The predicted molar refractivity (Wildman–Crippen MR) is 66.5 cm³/mol. The number of rotatable bonds is 2. The second-order valence-corrected chi connectivity index (χ2v) is 4.33. The molecule has 20 heavy (non-hydrogen) atoms. The summed E-state index contributed by atoms with van der Waals surface area (Å²) in [6.45, 7) is 1.54. The fraction of sp³-hybridized carbons (Fsp3) is 0.167. The quantitative estimate of drug-likeness (QED) is 0.662. The van der Waals surface area contributed by atoms with Crippen molar-refractivity contribution >= 4 is 23.1 Å². The van der Waals surface area contributed by atoms with E-state index in [1.807, 2.05) is 0 Å². The first-order chi connectivity index (χ1) is 9.25. The molecule has 2 aromatic rings. The van der Waals surface area contributed by atoms with Crippen molar-refractivity contribution in [3.63, 3.8) is 0 Å². The second-order valence-electron chi connectivity index (χ2n) is 3.99. The maximum atomic E-state index is 13.1. The first-order valence-corrected chi connectivity index (χ1v) is 5.78. The number of halogens is 5. The summed E-state index contributed by atoms with van der Waals surface area (Å²) < 4.78 is 50.8. The van der Waals surface area contributed by atoms with Crippen LogP contribution in [0.25, 0.3) is 0 Å². The zero-order chi connectivity index (χ0) is 14.9. The zero-order valence-electron chi connectivity index (χ0n) is 10.1. The highest BCUT2D eigenvalue weighted by Crippen LogP contribution is 2.30. The standard InChI is InChI=1S/C12H8ClF4N3/c1-6-4-7(2-3-8(6)14)18-10-5-9(12(15,16)17)19-11(13)20-10/h2-5H,1H3,(H,18,19,20). The lowest BCUT2D eigenvalue weighted by Gasteiger charge is -2.10. The highest BCUT2D eigenvalue weighted by atomic mass is 35.5. The van der Waals surface area contributed by atoms with E-state index in [0.717, 1.165) is 6.07 Å². The molecule has 0 spiro atoms. The number of nitrogens with one attached hydrogen (secondary N) is 1. The van der Waals surface area contributed by atoms with Gasteiger partial charge in [-0.2, -0.15) is 13.2 Å². The summed E-state index contributed by atoms with van der Waals surface area (Å²) in [5, 5.41) is 2.10. The molecule has 0 saturated heterocycles. The zero-order valence-corrected chi connectivity index (χ0v) is 10.8. The number of aromatic nitrogens is 2. The summed E-state index contributed by atoms with van der Waals surface area (Å²) in [5.41, 5.74) is -0.406. The van der Waals surface area contributed by atoms with Gasteiger partial charge in [0, 0.05) is 11.8 Å². The fourth-order valence-electron chi connectivity index (χ4n) is 1.50. The van der Waals surface area contributed by atoms with Crippen molar-refractivity contribution in [2.45, 2.75) is 13.1 Å². The molecule has 1 aromatic heterocycles. The van der Waals surface area contributed by atoms with Crippen LogP contribution < -0.4 is 5.32 Å². The van der Waals surface area contributed by atoms with Gasteiger partial charge in [-0.25, -0.2) is 14.4 Å². The van der Waals surface area contributed by atoms with E-state index in [4.69, 9.17) is 11.6 Å². The normalized spacial score (nSPS) is 11.5. The van der Waals surface area contributed by atoms with E-state index in [2.05, 4.69) is 15.3 Å². The summed E-state index contributed by atoms with van der Waals surface area (Å²) in [6.07, 6.45) is -4.62. The van der Waals surface area contributed by atoms with Crippen molar-refractivity contribution in [1.29, 1.82) is 0 Å². The van der Waals surface area contributed by atoms with Crippen LogP contribution in [0.3, 0.4) is 0 Å². The molecule has 0 unspecified atom stereocenters. The van der Waals surface area contributed by atoms with Gasteiger partial charge in [0.1, 0.15) is 11.6 Å². The molecule has 1 heterocycles. The van der Waals surface area contributed by atoms with Crippen LogP contribution in [0.15, 0.2) is 24.3 Å². The molecule has 0 aliphatic heterocycles. The van der Waals surface area contributed by atoms with E-state index in [-0.39, 0.29) is 5.82 Å². The molecule has 106 valence electrons. The topological polar surface area (TPSA) is 37.8 Å². The van der Waals surface area contributed by atoms with Gasteiger partial charge in [-0.05, 0) is 42.3 Å². The Morgan fingerprint density at radius 3 is 2.45 bits per heavy atom. The van der Waals surface area contributed by atoms with Gasteiger partial charge in [-0.1, -0.05) is 0 Å². The lowest BCUT2D eigenvalue weighted by atomic mass is 10.2. The molecule has 2 rings (SSSR count). The van der Waals surface area contributed by atoms with Crippen molar-refractivity contribution in [1.82, 2.24) is 9.97 Å². The average molecular weight is 306 g/mol. The fourth-order valence-corrected chi connectivity index (χ4v) is 1.68. The minimum absolute atomic E-state index is 0.122. The summed E-state index contributed by atoms with van der Waals surface area (Å²) in [6, 6.07) is 4.75. The minimum Gasteiger partial charge on any atom is -0.340 e. The lowest BCUT2D eigenvalue weighted by Crippen LogP contribution is -2.10. The van der Waals surface area contributed by atoms with Crippen LogP contribution in [0.5, 0.6) is 0 Å². The summed E-state index contributed by atoms with van der Waals surface area (Å²) >= 11 is 5.46. The molecule has 0 amide bonds. The molecule has 8 heteroatoms. The Morgan fingerprint density at radius 1 is 1.15 bits per heavy atom. The third kappa shape index (κ3) is 3.36. The summed E-state index contributed by atoms with van der Waals surface area (Å²) in [4.78, 5) is 6.75. The van der Waals surface area contributed by atoms with Gasteiger partial charge in [-0.15, -0.1) is 0 Å². The number of alkyl halides is 3. The smallest absolute Gasteiger partial charge is 0.340 e. The molecule has 0 aliphatic carbocycles. The molecular weight excluding hydrogens is 298 g/mol. The van der Waals surface area contributed by atoms with Crippen LogP contribution in [-0.4, -0.2) is 9.97 Å². The Morgan fingerprint density at radius 2 is 1.85 bits per heavy atom. The molecule has 3 nitrogen and oxygen atoms in total. The Kier molecular flexibility index (Phi) is 3.80. The lowest BCUT2D eigenvalue weighted by molar-refractivity contribution is -0.141. The first-order valence-electron chi connectivity index (χ1n) is 5.40. The van der Waals surface area contributed by atoms with Gasteiger partial charge in [0.25, 0.3) is 0 Å². The van der Waals surface area contributed by atoms with Gasteiger partial charge >= 0.3 is 6.18 Å². The van der Waals surface area contributed by atoms with Gasteiger partial charge in [-0.3, -0.25) is 0 Å². The third-order valence-electron chi connectivity index (χ3n) is 2.42. The minimum atomic E-state index is -4.62. The van der Waals surface area contributed by atoms with Crippen molar-refractivity contribution in [2.75, 3.05) is 5.32 Å². The van der Waals surface area contributed by atoms with Crippen LogP contribution in [-0.2, 0) is 6.18 Å². The molecule has 0 bridgehead atoms. The Bertz CT molecular complexity index is 643. The van der Waals surface area contributed by atoms with Crippen molar-refractivity contribution in [3.8, 4) is 0 Å². The van der Waals surface area contributed by atoms with E-state index >= 15 is 0 Å². The van der Waals surface area contributed by atoms with Crippen LogP contribution in [0, 0.1) is 12.7 Å². The van der Waals surface area contributed by atoms with E-state index in [1.165, 1.54) is 25.1 Å². The Balaban J connectivity index is 2.33. The van der Waals surface area contributed by atoms with Crippen molar-refractivity contribution in [3.05, 3.63) is 46.6 Å². The Labute approximate surface area is 116 Å². The van der Waals surface area contributed by atoms with Crippen molar-refractivity contribution in [2.24, 2.45) is 0 Å².